The molecule has 1 aliphatic heterocycles. The van der Waals surface area contributed by atoms with Crippen molar-refractivity contribution in [1.29, 1.82) is 0 Å². The number of likely N-dealkylation sites (N-methyl/N-ethyl adjacent to an activating group) is 1. The smallest absolute Gasteiger partial charge is 0.406 e. The summed E-state index contributed by atoms with van der Waals surface area (Å²) >= 11 is 0. The van der Waals surface area contributed by atoms with Crippen molar-refractivity contribution < 1.29 is 22.7 Å². The van der Waals surface area contributed by atoms with Gasteiger partial charge in [0.1, 0.15) is 5.75 Å². The highest BCUT2D eigenvalue weighted by atomic mass is 19.4. The van der Waals surface area contributed by atoms with Gasteiger partial charge in [0.05, 0.1) is 5.71 Å². The average Bonchev–Trinajstić information content (AvgIpc) is 3.24. The number of allylic oxidation sites excluding steroid dienone is 4. The van der Waals surface area contributed by atoms with E-state index in [4.69, 9.17) is 0 Å². The van der Waals surface area contributed by atoms with Crippen molar-refractivity contribution in [2.75, 3.05) is 32.5 Å². The minimum atomic E-state index is -4.74. The van der Waals surface area contributed by atoms with Gasteiger partial charge in [0.15, 0.2) is 0 Å². The number of ether oxygens (including phenoxy) is 1. The molecule has 1 unspecified atom stereocenters. The predicted molar refractivity (Wildman–Crippen MR) is 123 cm³/mol. The summed E-state index contributed by atoms with van der Waals surface area (Å²) in [4.78, 5) is 21.3. The zero-order chi connectivity index (χ0) is 24.2. The first kappa shape index (κ1) is 24.3. The van der Waals surface area contributed by atoms with Gasteiger partial charge in [-0.1, -0.05) is 12.7 Å². The monoisotopic (exact) mass is 460 g/mol. The Kier molecular flexibility index (Phi) is 7.43. The standard InChI is InChI=1S/C24H27F3N4O2/c1-5-28-22-14-17(23(32)31-13-12-19(15-31)30(3)4)6-11-21(22)16(2)29-18-7-9-20(10-8-18)33-24(25,26)27/h5-11,14,19,29H,1,12-13,15H2,2-4H3/b21-16+,28-22-. The molecule has 3 rings (SSSR count). The van der Waals surface area contributed by atoms with Crippen LogP contribution in [0.3, 0.4) is 0 Å². The Morgan fingerprint density at radius 1 is 1.27 bits per heavy atom. The predicted octanol–water partition coefficient (Wildman–Crippen LogP) is 4.51. The zero-order valence-electron chi connectivity index (χ0n) is 18.8. The van der Waals surface area contributed by atoms with Crippen molar-refractivity contribution in [3.63, 3.8) is 0 Å². The van der Waals surface area contributed by atoms with Crippen LogP contribution in [0.1, 0.15) is 13.3 Å². The van der Waals surface area contributed by atoms with E-state index >= 15 is 0 Å². The summed E-state index contributed by atoms with van der Waals surface area (Å²) in [5.41, 5.74) is 3.16. The molecule has 0 radical (unpaired) electrons. The Hall–Kier alpha value is -3.33. The van der Waals surface area contributed by atoms with Crippen molar-refractivity contribution in [3.8, 4) is 5.75 Å². The van der Waals surface area contributed by atoms with Crippen LogP contribution in [0.25, 0.3) is 0 Å². The normalized spacial score (nSPS) is 21.3. The number of benzene rings is 1. The third-order valence-corrected chi connectivity index (χ3v) is 5.48. The third kappa shape index (κ3) is 6.35. The molecule has 176 valence electrons. The minimum absolute atomic E-state index is 0.0442. The fourth-order valence-electron chi connectivity index (χ4n) is 3.74. The van der Waals surface area contributed by atoms with E-state index in [1.165, 1.54) is 30.5 Å². The van der Waals surface area contributed by atoms with Gasteiger partial charge in [-0.2, -0.15) is 0 Å². The Bertz CT molecular complexity index is 1020. The summed E-state index contributed by atoms with van der Waals surface area (Å²) in [6.07, 6.45) is 2.89. The molecule has 6 nitrogen and oxygen atoms in total. The van der Waals surface area contributed by atoms with Crippen molar-refractivity contribution in [3.05, 3.63) is 72.1 Å². The topological polar surface area (TPSA) is 57.2 Å². The number of hydrogen-bond acceptors (Lipinski definition) is 5. The lowest BCUT2D eigenvalue weighted by Crippen LogP contribution is -2.35. The summed E-state index contributed by atoms with van der Waals surface area (Å²) in [6, 6.07) is 5.79. The van der Waals surface area contributed by atoms with E-state index < -0.39 is 6.36 Å². The molecule has 1 atom stereocenters. The lowest BCUT2D eigenvalue weighted by Gasteiger charge is -2.22. The van der Waals surface area contributed by atoms with E-state index in [-0.39, 0.29) is 11.7 Å². The van der Waals surface area contributed by atoms with Gasteiger partial charge in [-0.05, 0) is 63.9 Å². The summed E-state index contributed by atoms with van der Waals surface area (Å²) in [7, 11) is 4.02. The van der Waals surface area contributed by atoms with Gasteiger partial charge in [-0.15, -0.1) is 13.2 Å². The molecule has 1 aliphatic carbocycles. The number of amides is 1. The van der Waals surface area contributed by atoms with E-state index in [1.54, 1.807) is 18.2 Å². The van der Waals surface area contributed by atoms with Gasteiger partial charge >= 0.3 is 6.36 Å². The minimum Gasteiger partial charge on any atom is -0.406 e. The first-order valence-corrected chi connectivity index (χ1v) is 10.5. The number of alkyl halides is 3. The van der Waals surface area contributed by atoms with Crippen LogP contribution < -0.4 is 10.1 Å². The number of anilines is 1. The van der Waals surface area contributed by atoms with Crippen LogP contribution in [0.15, 0.2) is 77.1 Å². The van der Waals surface area contributed by atoms with Crippen molar-refractivity contribution >= 4 is 17.3 Å². The molecule has 1 aromatic rings. The lowest BCUT2D eigenvalue weighted by molar-refractivity contribution is -0.274. The van der Waals surface area contributed by atoms with Gasteiger partial charge in [-0.3, -0.25) is 9.79 Å². The lowest BCUT2D eigenvalue weighted by atomic mass is 9.97. The molecule has 1 N–H and O–H groups in total. The molecule has 2 aliphatic rings. The van der Waals surface area contributed by atoms with Gasteiger partial charge < -0.3 is 19.9 Å². The van der Waals surface area contributed by atoms with Crippen LogP contribution >= 0.6 is 0 Å². The molecule has 1 fully saturated rings. The molecule has 0 spiro atoms. The highest BCUT2D eigenvalue weighted by Gasteiger charge is 2.31. The van der Waals surface area contributed by atoms with E-state index in [0.717, 1.165) is 12.0 Å². The van der Waals surface area contributed by atoms with Crippen molar-refractivity contribution in [2.24, 2.45) is 4.99 Å². The second kappa shape index (κ2) is 10.1. The zero-order valence-corrected chi connectivity index (χ0v) is 18.8. The van der Waals surface area contributed by atoms with Gasteiger partial charge in [0, 0.05) is 47.9 Å². The van der Waals surface area contributed by atoms with Crippen molar-refractivity contribution in [1.82, 2.24) is 9.80 Å². The molecule has 1 heterocycles. The molecule has 1 amide bonds. The Morgan fingerprint density at radius 3 is 2.55 bits per heavy atom. The van der Waals surface area contributed by atoms with Crippen LogP contribution in [0, 0.1) is 0 Å². The number of carbonyl (C=O) groups is 1. The molecule has 1 aromatic carbocycles. The van der Waals surface area contributed by atoms with Gasteiger partial charge in [0.2, 0.25) is 0 Å². The van der Waals surface area contributed by atoms with E-state index in [9.17, 15) is 18.0 Å². The van der Waals surface area contributed by atoms with Crippen molar-refractivity contribution in [2.45, 2.75) is 25.7 Å². The SMILES string of the molecule is C=C/N=C1/C=C(C(=O)N2CCC(N(C)C)C2)C=C/C1=C(/C)Nc1ccc(OC(F)(F)F)cc1. The van der Waals surface area contributed by atoms with Crippen LogP contribution in [0.2, 0.25) is 0 Å². The maximum Gasteiger partial charge on any atom is 0.573 e. The van der Waals surface area contributed by atoms with E-state index in [1.807, 2.05) is 25.9 Å². The van der Waals surface area contributed by atoms with Crippen LogP contribution in [0.4, 0.5) is 18.9 Å². The molecule has 9 heteroatoms. The molecular formula is C24H27F3N4O2. The number of rotatable bonds is 6. The largest absolute Gasteiger partial charge is 0.573 e. The molecule has 33 heavy (non-hydrogen) atoms. The molecule has 1 saturated heterocycles. The highest BCUT2D eigenvalue weighted by molar-refractivity contribution is 6.17. The Morgan fingerprint density at radius 2 is 1.97 bits per heavy atom. The number of halogens is 3. The number of carbonyl (C=O) groups excluding carboxylic acids is 1. The average molecular weight is 461 g/mol. The summed E-state index contributed by atoms with van der Waals surface area (Å²) < 4.78 is 40.9. The highest BCUT2D eigenvalue weighted by Crippen LogP contribution is 2.26. The quantitative estimate of drug-likeness (QED) is 0.679. The van der Waals surface area contributed by atoms with E-state index in [2.05, 4.69) is 26.5 Å². The number of nitrogens with one attached hydrogen (secondary N) is 1. The number of nitrogens with zero attached hydrogens (tertiary/aromatic N) is 3. The summed E-state index contributed by atoms with van der Waals surface area (Å²) in [5, 5.41) is 3.15. The van der Waals surface area contributed by atoms with Crippen LogP contribution in [0.5, 0.6) is 5.75 Å². The summed E-state index contributed by atoms with van der Waals surface area (Å²) in [5.74, 6) is -0.341. The third-order valence-electron chi connectivity index (χ3n) is 5.48. The maximum absolute atomic E-state index is 13.0. The second-order valence-corrected chi connectivity index (χ2v) is 8.02. The number of hydrogen-bond donors (Lipinski definition) is 1. The maximum atomic E-state index is 13.0. The Balaban J connectivity index is 1.75. The second-order valence-electron chi connectivity index (χ2n) is 8.02. The molecular weight excluding hydrogens is 433 g/mol. The number of likely N-dealkylation sites (tertiary alicyclic amines) is 1. The molecule has 0 bridgehead atoms. The Labute approximate surface area is 191 Å². The first-order valence-electron chi connectivity index (χ1n) is 10.5. The fourth-order valence-corrected chi connectivity index (χ4v) is 3.74. The van der Waals surface area contributed by atoms with E-state index in [0.29, 0.717) is 41.8 Å². The first-order chi connectivity index (χ1) is 15.6. The fraction of sp³-hybridized carbons (Fsp3) is 0.333. The number of aliphatic imine (C=N–C) groups is 1. The van der Waals surface area contributed by atoms with Crippen LogP contribution in [-0.2, 0) is 4.79 Å². The van der Waals surface area contributed by atoms with Gasteiger partial charge in [-0.25, -0.2) is 0 Å². The summed E-state index contributed by atoms with van der Waals surface area (Å²) in [6.45, 7) is 6.87. The molecule has 0 aromatic heterocycles. The molecule has 0 saturated carbocycles. The van der Waals surface area contributed by atoms with Crippen LogP contribution in [-0.4, -0.2) is 61.0 Å². The van der Waals surface area contributed by atoms with Gasteiger partial charge in [0.25, 0.3) is 5.91 Å².